The van der Waals surface area contributed by atoms with Crippen LogP contribution in [-0.2, 0) is 23.1 Å². The van der Waals surface area contributed by atoms with Gasteiger partial charge in [0.15, 0.2) is 0 Å². The summed E-state index contributed by atoms with van der Waals surface area (Å²) in [6.45, 7) is 0.629. The second-order valence-electron chi connectivity index (χ2n) is 4.45. The number of rotatable bonds is 5. The van der Waals surface area contributed by atoms with Crippen molar-refractivity contribution in [1.82, 2.24) is 4.72 Å². The summed E-state index contributed by atoms with van der Waals surface area (Å²) in [5.41, 5.74) is 7.34. The van der Waals surface area contributed by atoms with Crippen LogP contribution < -0.4 is 10.5 Å². The molecule has 0 bridgehead atoms. The molecule has 0 saturated carbocycles. The first-order chi connectivity index (χ1) is 9.90. The number of hydrogen-bond donors (Lipinski definition) is 2. The Morgan fingerprint density at radius 2 is 1.48 bits per heavy atom. The number of nitrogens with two attached hydrogens (primary N) is 1. The Bertz CT molecular complexity index is 711. The zero-order valence-corrected chi connectivity index (χ0v) is 13.3. The van der Waals surface area contributed by atoms with Crippen molar-refractivity contribution < 1.29 is 8.42 Å². The van der Waals surface area contributed by atoms with Gasteiger partial charge in [-0.05, 0) is 29.3 Å². The summed E-state index contributed by atoms with van der Waals surface area (Å²) >= 11 is 11.6. The molecule has 0 spiro atoms. The van der Waals surface area contributed by atoms with E-state index in [1.54, 1.807) is 0 Å². The van der Waals surface area contributed by atoms with E-state index in [1.807, 2.05) is 24.3 Å². The van der Waals surface area contributed by atoms with Gasteiger partial charge in [0.25, 0.3) is 0 Å². The molecular formula is C14H14Cl2N2O2S. The minimum atomic E-state index is -3.66. The van der Waals surface area contributed by atoms with E-state index in [0.29, 0.717) is 6.54 Å². The third-order valence-corrected chi connectivity index (χ3v) is 4.69. The predicted molar refractivity (Wildman–Crippen MR) is 84.8 cm³/mol. The summed E-state index contributed by atoms with van der Waals surface area (Å²) in [6.07, 6.45) is 0. The van der Waals surface area contributed by atoms with Crippen molar-refractivity contribution in [2.45, 2.75) is 18.0 Å². The third kappa shape index (κ3) is 4.43. The zero-order chi connectivity index (χ0) is 15.5. The largest absolute Gasteiger partial charge is 0.326 e. The van der Waals surface area contributed by atoms with Crippen molar-refractivity contribution in [3.63, 3.8) is 0 Å². The summed E-state index contributed by atoms with van der Waals surface area (Å²) in [5.74, 6) is 0. The Hall–Kier alpha value is -1.11. The maximum atomic E-state index is 12.2. The fourth-order valence-corrected chi connectivity index (χ4v) is 3.48. The number of benzene rings is 2. The molecule has 2 rings (SSSR count). The highest BCUT2D eigenvalue weighted by Crippen LogP contribution is 2.22. The summed E-state index contributed by atoms with van der Waals surface area (Å²) in [6, 6.07) is 11.6. The van der Waals surface area contributed by atoms with Gasteiger partial charge in [-0.15, -0.1) is 0 Å². The number of nitrogens with one attached hydrogen (secondary N) is 1. The van der Waals surface area contributed by atoms with Gasteiger partial charge < -0.3 is 5.73 Å². The topological polar surface area (TPSA) is 72.2 Å². The monoisotopic (exact) mass is 344 g/mol. The van der Waals surface area contributed by atoms with E-state index in [-0.39, 0.29) is 21.5 Å². The third-order valence-electron chi connectivity index (χ3n) is 2.87. The van der Waals surface area contributed by atoms with Gasteiger partial charge in [-0.3, -0.25) is 0 Å². The quantitative estimate of drug-likeness (QED) is 0.875. The van der Waals surface area contributed by atoms with Gasteiger partial charge in [0, 0.05) is 23.1 Å². The average molecular weight is 345 g/mol. The Morgan fingerprint density at radius 1 is 0.952 bits per heavy atom. The molecule has 4 nitrogen and oxygen atoms in total. The number of sulfonamides is 1. The first kappa shape index (κ1) is 16.3. The summed E-state index contributed by atoms with van der Waals surface area (Å²) < 4.78 is 26.9. The van der Waals surface area contributed by atoms with Crippen LogP contribution >= 0.6 is 23.2 Å². The minimum Gasteiger partial charge on any atom is -0.326 e. The van der Waals surface area contributed by atoms with E-state index < -0.39 is 10.0 Å². The highest BCUT2D eigenvalue weighted by atomic mass is 35.5. The highest BCUT2D eigenvalue weighted by Gasteiger charge is 2.15. The zero-order valence-electron chi connectivity index (χ0n) is 11.0. The average Bonchev–Trinajstić information content (AvgIpc) is 2.45. The van der Waals surface area contributed by atoms with Crippen molar-refractivity contribution in [1.29, 1.82) is 0 Å². The van der Waals surface area contributed by atoms with Crippen LogP contribution in [0.3, 0.4) is 0 Å². The second kappa shape index (κ2) is 6.77. The number of halogens is 2. The van der Waals surface area contributed by atoms with E-state index in [1.165, 1.54) is 18.2 Å². The molecule has 7 heteroatoms. The summed E-state index contributed by atoms with van der Waals surface area (Å²) in [4.78, 5) is 0.0404. The van der Waals surface area contributed by atoms with Crippen LogP contribution in [-0.4, -0.2) is 8.42 Å². The lowest BCUT2D eigenvalue weighted by Crippen LogP contribution is -2.23. The Labute approximate surface area is 133 Å². The van der Waals surface area contributed by atoms with Crippen LogP contribution in [0.4, 0.5) is 0 Å². The molecular weight excluding hydrogens is 331 g/mol. The van der Waals surface area contributed by atoms with Gasteiger partial charge in [0.2, 0.25) is 10.0 Å². The van der Waals surface area contributed by atoms with E-state index in [0.717, 1.165) is 11.1 Å². The molecule has 0 aliphatic rings. The molecule has 0 aromatic heterocycles. The minimum absolute atomic E-state index is 0.0404. The van der Waals surface area contributed by atoms with Crippen molar-refractivity contribution in [2.24, 2.45) is 5.73 Å². The molecule has 0 aliphatic heterocycles. The van der Waals surface area contributed by atoms with E-state index in [2.05, 4.69) is 4.72 Å². The van der Waals surface area contributed by atoms with Crippen LogP contribution in [0.5, 0.6) is 0 Å². The molecule has 0 radical (unpaired) electrons. The van der Waals surface area contributed by atoms with Crippen LogP contribution in [0, 0.1) is 0 Å². The molecule has 0 heterocycles. The van der Waals surface area contributed by atoms with Crippen LogP contribution in [0.25, 0.3) is 0 Å². The maximum absolute atomic E-state index is 12.2. The van der Waals surface area contributed by atoms with Crippen molar-refractivity contribution in [2.75, 3.05) is 0 Å². The molecule has 0 atom stereocenters. The van der Waals surface area contributed by atoms with Crippen molar-refractivity contribution >= 4 is 33.2 Å². The van der Waals surface area contributed by atoms with Gasteiger partial charge in [0.1, 0.15) is 0 Å². The van der Waals surface area contributed by atoms with Gasteiger partial charge in [-0.25, -0.2) is 13.1 Å². The fraction of sp³-hybridized carbons (Fsp3) is 0.143. The van der Waals surface area contributed by atoms with Gasteiger partial charge in [-0.1, -0.05) is 47.5 Å². The first-order valence-electron chi connectivity index (χ1n) is 6.14. The predicted octanol–water partition coefficient (Wildman–Crippen LogP) is 2.93. The Balaban J connectivity index is 2.13. The Morgan fingerprint density at radius 3 is 2.00 bits per heavy atom. The van der Waals surface area contributed by atoms with Gasteiger partial charge in [0.05, 0.1) is 4.90 Å². The smallest absolute Gasteiger partial charge is 0.240 e. The van der Waals surface area contributed by atoms with E-state index in [4.69, 9.17) is 28.9 Å². The molecule has 2 aromatic rings. The lowest BCUT2D eigenvalue weighted by Gasteiger charge is -2.08. The first-order valence-corrected chi connectivity index (χ1v) is 8.38. The molecule has 3 N–H and O–H groups in total. The SMILES string of the molecule is NCc1ccc(CNS(=O)(=O)c2cc(Cl)cc(Cl)c2)cc1. The van der Waals surface area contributed by atoms with Crippen molar-refractivity contribution in [3.05, 3.63) is 63.6 Å². The molecule has 2 aromatic carbocycles. The normalized spacial score (nSPS) is 11.6. The molecule has 0 unspecified atom stereocenters. The molecule has 21 heavy (non-hydrogen) atoms. The second-order valence-corrected chi connectivity index (χ2v) is 7.09. The fourth-order valence-electron chi connectivity index (χ4n) is 1.74. The van der Waals surface area contributed by atoms with E-state index in [9.17, 15) is 8.42 Å². The molecule has 0 aliphatic carbocycles. The van der Waals surface area contributed by atoms with Crippen molar-refractivity contribution in [3.8, 4) is 0 Å². The number of hydrogen-bond acceptors (Lipinski definition) is 3. The summed E-state index contributed by atoms with van der Waals surface area (Å²) in [5, 5.41) is 0.547. The standard InChI is InChI=1S/C14H14Cl2N2O2S/c15-12-5-13(16)7-14(6-12)21(19,20)18-9-11-3-1-10(8-17)2-4-11/h1-7,18H,8-9,17H2. The van der Waals surface area contributed by atoms with Crippen LogP contribution in [0.1, 0.15) is 11.1 Å². The molecule has 112 valence electrons. The van der Waals surface area contributed by atoms with Crippen LogP contribution in [0.2, 0.25) is 10.0 Å². The molecule has 0 amide bonds. The Kier molecular flexibility index (Phi) is 5.24. The van der Waals surface area contributed by atoms with Crippen LogP contribution in [0.15, 0.2) is 47.4 Å². The maximum Gasteiger partial charge on any atom is 0.240 e. The lowest BCUT2D eigenvalue weighted by atomic mass is 10.1. The van der Waals surface area contributed by atoms with Gasteiger partial charge >= 0.3 is 0 Å². The van der Waals surface area contributed by atoms with Gasteiger partial charge in [-0.2, -0.15) is 0 Å². The molecule has 0 fully saturated rings. The van der Waals surface area contributed by atoms with E-state index >= 15 is 0 Å². The summed E-state index contributed by atoms with van der Waals surface area (Å²) in [7, 11) is -3.66. The lowest BCUT2D eigenvalue weighted by molar-refractivity contribution is 0.581. The molecule has 0 saturated heterocycles. The highest BCUT2D eigenvalue weighted by molar-refractivity contribution is 7.89.